The summed E-state index contributed by atoms with van der Waals surface area (Å²) in [5.41, 5.74) is 4.18. The second-order valence-electron chi connectivity index (χ2n) is 9.25. The number of methoxy groups -OCH3 is 3. The van der Waals surface area contributed by atoms with Crippen LogP contribution in [0.4, 0.5) is 0 Å². The number of rotatable bonds is 7. The molecule has 1 amide bonds. The summed E-state index contributed by atoms with van der Waals surface area (Å²) in [5, 5.41) is 0.478. The number of carbonyl (C=O) groups excluding carboxylic acids is 1. The largest absolute Gasteiger partial charge is 0.497 e. The fraction of sp³-hybridized carbons (Fsp3) is 0.267. The highest BCUT2D eigenvalue weighted by Crippen LogP contribution is 2.41. The van der Waals surface area contributed by atoms with Crippen molar-refractivity contribution >= 4 is 16.9 Å². The van der Waals surface area contributed by atoms with Crippen LogP contribution in [0.2, 0.25) is 0 Å². The van der Waals surface area contributed by atoms with Crippen molar-refractivity contribution in [3.63, 3.8) is 0 Å². The fourth-order valence-electron chi connectivity index (χ4n) is 5.12. The topological polar surface area (TPSA) is 78.2 Å². The predicted octanol–water partition coefficient (Wildman–Crippen LogP) is 5.22. The zero-order chi connectivity index (χ0) is 26.3. The van der Waals surface area contributed by atoms with Crippen molar-refractivity contribution in [3.05, 3.63) is 98.4 Å². The molecule has 3 aromatic carbocycles. The lowest BCUT2D eigenvalue weighted by atomic mass is 9.97. The Kier molecular flexibility index (Phi) is 6.38. The van der Waals surface area contributed by atoms with Crippen molar-refractivity contribution < 1.29 is 23.4 Å². The van der Waals surface area contributed by atoms with Gasteiger partial charge in [0.15, 0.2) is 16.9 Å². The second-order valence-corrected chi connectivity index (χ2v) is 9.25. The zero-order valence-electron chi connectivity index (χ0n) is 21.6. The molecule has 0 saturated heterocycles. The minimum atomic E-state index is -0.623. The zero-order valence-corrected chi connectivity index (χ0v) is 21.6. The van der Waals surface area contributed by atoms with E-state index < -0.39 is 6.04 Å². The third-order valence-corrected chi connectivity index (χ3v) is 6.92. The number of hydrogen-bond donors (Lipinski definition) is 0. The summed E-state index contributed by atoms with van der Waals surface area (Å²) in [5.74, 6) is 1.65. The molecule has 37 heavy (non-hydrogen) atoms. The van der Waals surface area contributed by atoms with Crippen LogP contribution in [0.1, 0.15) is 44.4 Å². The van der Waals surface area contributed by atoms with Crippen LogP contribution in [0.25, 0.3) is 11.0 Å². The summed E-state index contributed by atoms with van der Waals surface area (Å²) in [7, 11) is 4.75. The van der Waals surface area contributed by atoms with Crippen LogP contribution in [-0.2, 0) is 6.42 Å². The van der Waals surface area contributed by atoms with Gasteiger partial charge in [-0.2, -0.15) is 0 Å². The molecule has 0 N–H and O–H groups in total. The third kappa shape index (κ3) is 4.20. The van der Waals surface area contributed by atoms with Gasteiger partial charge >= 0.3 is 0 Å². The van der Waals surface area contributed by atoms with Gasteiger partial charge in [0.1, 0.15) is 11.3 Å². The van der Waals surface area contributed by atoms with E-state index in [1.165, 1.54) is 0 Å². The van der Waals surface area contributed by atoms with Crippen LogP contribution in [-0.4, -0.2) is 38.7 Å². The molecule has 4 aromatic rings. The van der Waals surface area contributed by atoms with E-state index in [1.807, 2.05) is 62.4 Å². The maximum Gasteiger partial charge on any atom is 0.290 e. The van der Waals surface area contributed by atoms with Gasteiger partial charge in [-0.15, -0.1) is 0 Å². The van der Waals surface area contributed by atoms with Crippen LogP contribution in [0.5, 0.6) is 17.2 Å². The van der Waals surface area contributed by atoms with E-state index in [1.54, 1.807) is 32.3 Å². The average molecular weight is 500 g/mol. The first-order valence-electron chi connectivity index (χ1n) is 12.1. The first-order chi connectivity index (χ1) is 17.9. The summed E-state index contributed by atoms with van der Waals surface area (Å²) < 4.78 is 22.4. The van der Waals surface area contributed by atoms with Gasteiger partial charge in [0.25, 0.3) is 5.91 Å². The summed E-state index contributed by atoms with van der Waals surface area (Å²) in [6.07, 6.45) is 0.597. The quantitative estimate of drug-likeness (QED) is 0.347. The van der Waals surface area contributed by atoms with Crippen LogP contribution in [0.15, 0.2) is 63.8 Å². The Balaban J connectivity index is 1.65. The summed E-state index contributed by atoms with van der Waals surface area (Å²) in [6.45, 7) is 4.22. The maximum absolute atomic E-state index is 13.9. The van der Waals surface area contributed by atoms with Gasteiger partial charge in [-0.3, -0.25) is 9.59 Å². The Morgan fingerprint density at radius 2 is 1.59 bits per heavy atom. The molecule has 2 heterocycles. The molecule has 1 aliphatic rings. The molecule has 7 heteroatoms. The van der Waals surface area contributed by atoms with Gasteiger partial charge in [-0.05, 0) is 72.9 Å². The molecular weight excluding hydrogens is 470 g/mol. The molecule has 0 fully saturated rings. The molecule has 5 rings (SSSR count). The number of fused-ring (bicyclic) bond motifs is 2. The summed E-state index contributed by atoms with van der Waals surface area (Å²) >= 11 is 0. The van der Waals surface area contributed by atoms with E-state index in [0.717, 1.165) is 28.0 Å². The number of aryl methyl sites for hydroxylation is 2. The van der Waals surface area contributed by atoms with Crippen LogP contribution in [0.3, 0.4) is 0 Å². The molecule has 1 aliphatic heterocycles. The van der Waals surface area contributed by atoms with Crippen molar-refractivity contribution in [2.45, 2.75) is 26.3 Å². The van der Waals surface area contributed by atoms with Crippen molar-refractivity contribution in [2.75, 3.05) is 27.9 Å². The van der Waals surface area contributed by atoms with Crippen molar-refractivity contribution in [3.8, 4) is 17.2 Å². The molecular formula is C30H29NO6. The normalized spacial score (nSPS) is 14.7. The van der Waals surface area contributed by atoms with Gasteiger partial charge in [0.2, 0.25) is 5.76 Å². The number of amides is 1. The first kappa shape index (κ1) is 24.4. The Morgan fingerprint density at radius 3 is 2.27 bits per heavy atom. The van der Waals surface area contributed by atoms with Crippen molar-refractivity contribution in [1.29, 1.82) is 0 Å². The molecule has 0 bridgehead atoms. The van der Waals surface area contributed by atoms with E-state index in [9.17, 15) is 9.59 Å². The molecule has 0 spiro atoms. The van der Waals surface area contributed by atoms with Crippen molar-refractivity contribution in [2.24, 2.45) is 0 Å². The Labute approximate surface area is 215 Å². The minimum Gasteiger partial charge on any atom is -0.497 e. The van der Waals surface area contributed by atoms with Gasteiger partial charge < -0.3 is 23.5 Å². The van der Waals surface area contributed by atoms with Gasteiger partial charge in [-0.1, -0.05) is 24.3 Å². The Morgan fingerprint density at radius 1 is 0.865 bits per heavy atom. The molecule has 1 aromatic heterocycles. The molecule has 0 aliphatic carbocycles. The van der Waals surface area contributed by atoms with Gasteiger partial charge in [-0.25, -0.2) is 0 Å². The Hall–Kier alpha value is -4.26. The number of carbonyl (C=O) groups is 1. The van der Waals surface area contributed by atoms with Crippen LogP contribution < -0.4 is 19.6 Å². The molecule has 1 atom stereocenters. The van der Waals surface area contributed by atoms with Crippen LogP contribution >= 0.6 is 0 Å². The number of nitrogens with zero attached hydrogens (tertiary/aromatic N) is 1. The average Bonchev–Trinajstić information content (AvgIpc) is 3.19. The predicted molar refractivity (Wildman–Crippen MR) is 141 cm³/mol. The molecule has 0 radical (unpaired) electrons. The van der Waals surface area contributed by atoms with Gasteiger partial charge in [0.05, 0.1) is 38.3 Å². The molecule has 7 nitrogen and oxygen atoms in total. The standard InChI is InChI=1S/C30H29NO6/c1-17-14-18(2)28-22(15-17)27(32)25-26(20-8-11-23(35-4)24(16-20)36-5)31(30(33)29(25)37-28)13-12-19-6-9-21(34-3)10-7-19/h6-11,14-16,26H,12-13H2,1-5H3/t26-/m1/s1. The monoisotopic (exact) mass is 499 g/mol. The number of ether oxygens (including phenoxy) is 3. The lowest BCUT2D eigenvalue weighted by molar-refractivity contribution is 0.0730. The molecule has 190 valence electrons. The van der Waals surface area contributed by atoms with E-state index in [4.69, 9.17) is 18.6 Å². The minimum absolute atomic E-state index is 0.0963. The van der Waals surface area contributed by atoms with E-state index >= 15 is 0 Å². The van der Waals surface area contributed by atoms with E-state index in [0.29, 0.717) is 41.0 Å². The maximum atomic E-state index is 13.9. The lowest BCUT2D eigenvalue weighted by Gasteiger charge is -2.26. The van der Waals surface area contributed by atoms with E-state index in [2.05, 4.69) is 0 Å². The first-order valence-corrected chi connectivity index (χ1v) is 12.1. The second kappa shape index (κ2) is 9.65. The fourth-order valence-corrected chi connectivity index (χ4v) is 5.12. The highest BCUT2D eigenvalue weighted by Gasteiger charge is 2.43. The van der Waals surface area contributed by atoms with Crippen LogP contribution in [0, 0.1) is 13.8 Å². The van der Waals surface area contributed by atoms with Gasteiger partial charge in [0, 0.05) is 6.54 Å². The molecule has 0 unspecified atom stereocenters. The highest BCUT2D eigenvalue weighted by atomic mass is 16.5. The SMILES string of the molecule is COc1ccc(CCN2C(=O)c3oc4c(C)cc(C)cc4c(=O)c3[C@H]2c2ccc(OC)c(OC)c2)cc1. The lowest BCUT2D eigenvalue weighted by Crippen LogP contribution is -2.31. The third-order valence-electron chi connectivity index (χ3n) is 6.92. The summed E-state index contributed by atoms with van der Waals surface area (Å²) in [6, 6.07) is 16.3. The van der Waals surface area contributed by atoms with E-state index in [-0.39, 0.29) is 17.1 Å². The smallest absolute Gasteiger partial charge is 0.290 e. The Bertz CT molecular complexity index is 1550. The molecule has 0 saturated carbocycles. The number of benzene rings is 3. The highest BCUT2D eigenvalue weighted by molar-refractivity contribution is 5.99. The summed E-state index contributed by atoms with van der Waals surface area (Å²) in [4.78, 5) is 29.4. The number of hydrogen-bond acceptors (Lipinski definition) is 6. The van der Waals surface area contributed by atoms with Crippen molar-refractivity contribution in [1.82, 2.24) is 4.90 Å².